The van der Waals surface area contributed by atoms with Gasteiger partial charge >= 0.3 is 0 Å². The van der Waals surface area contributed by atoms with Crippen LogP contribution in [0, 0.1) is 6.92 Å². The molecule has 5 nitrogen and oxygen atoms in total. The van der Waals surface area contributed by atoms with Gasteiger partial charge in [-0.2, -0.15) is 0 Å². The Labute approximate surface area is 136 Å². The molecule has 1 unspecified atom stereocenters. The lowest BCUT2D eigenvalue weighted by Crippen LogP contribution is -2.39. The van der Waals surface area contributed by atoms with Crippen LogP contribution in [0.2, 0.25) is 0 Å². The molecule has 0 aliphatic carbocycles. The largest absolute Gasteiger partial charge is 0.464 e. The molecule has 0 spiro atoms. The second kappa shape index (κ2) is 6.37. The molecule has 1 aliphatic heterocycles. The summed E-state index contributed by atoms with van der Waals surface area (Å²) in [6.07, 6.45) is -0.185. The van der Waals surface area contributed by atoms with Crippen LogP contribution in [0.25, 0.3) is 0 Å². The molecule has 1 aromatic carbocycles. The van der Waals surface area contributed by atoms with Crippen LogP contribution in [0.4, 0.5) is 5.69 Å². The number of para-hydroxylation sites is 1. The summed E-state index contributed by atoms with van der Waals surface area (Å²) < 4.78 is 36.1. The Hall–Kier alpha value is -1.79. The first-order chi connectivity index (χ1) is 11.0. The number of morpholine rings is 1. The number of furan rings is 1. The normalized spacial score (nSPS) is 19.0. The highest BCUT2D eigenvalue weighted by molar-refractivity contribution is 7.91. The van der Waals surface area contributed by atoms with Crippen LogP contribution in [0.5, 0.6) is 0 Å². The molecular formula is C17H21NO4S. The minimum absolute atomic E-state index is 0.0924. The molecule has 1 fully saturated rings. The maximum absolute atomic E-state index is 12.3. The predicted octanol–water partition coefficient (Wildman–Crippen LogP) is 2.96. The van der Waals surface area contributed by atoms with Crippen molar-refractivity contribution in [2.75, 3.05) is 30.3 Å². The Morgan fingerprint density at radius 1 is 1.22 bits per heavy atom. The number of hydrogen-bond donors (Lipinski definition) is 0. The van der Waals surface area contributed by atoms with E-state index in [9.17, 15) is 8.42 Å². The first kappa shape index (κ1) is 16.1. The summed E-state index contributed by atoms with van der Waals surface area (Å²) in [6, 6.07) is 11.0. The molecular weight excluding hydrogens is 314 g/mol. The number of hydrogen-bond acceptors (Lipinski definition) is 5. The van der Waals surface area contributed by atoms with E-state index in [2.05, 4.69) is 4.90 Å². The van der Waals surface area contributed by atoms with Gasteiger partial charge in [0.15, 0.2) is 9.84 Å². The van der Waals surface area contributed by atoms with E-state index in [0.29, 0.717) is 24.6 Å². The van der Waals surface area contributed by atoms with Crippen LogP contribution < -0.4 is 4.90 Å². The zero-order valence-electron chi connectivity index (χ0n) is 13.4. The summed E-state index contributed by atoms with van der Waals surface area (Å²) >= 11 is 0. The molecule has 124 valence electrons. The monoisotopic (exact) mass is 335 g/mol. The summed E-state index contributed by atoms with van der Waals surface area (Å²) in [4.78, 5) is 2.45. The van der Waals surface area contributed by atoms with Gasteiger partial charge in [-0.05, 0) is 31.2 Å². The van der Waals surface area contributed by atoms with Crippen LogP contribution in [0.3, 0.4) is 0 Å². The van der Waals surface area contributed by atoms with Crippen molar-refractivity contribution in [3.63, 3.8) is 0 Å². The third kappa shape index (κ3) is 3.28. The van der Waals surface area contributed by atoms with Gasteiger partial charge in [0.1, 0.15) is 17.6 Å². The highest BCUT2D eigenvalue weighted by atomic mass is 32.2. The number of sulfone groups is 1. The Kier molecular flexibility index (Phi) is 4.46. The first-order valence-electron chi connectivity index (χ1n) is 7.76. The zero-order chi connectivity index (χ0) is 16.4. The van der Waals surface area contributed by atoms with E-state index in [1.165, 1.54) is 0 Å². The van der Waals surface area contributed by atoms with E-state index in [1.54, 1.807) is 19.1 Å². The van der Waals surface area contributed by atoms with Gasteiger partial charge in [-0.25, -0.2) is 8.42 Å². The molecule has 0 amide bonds. The number of benzene rings is 1. The van der Waals surface area contributed by atoms with Crippen molar-refractivity contribution in [2.24, 2.45) is 0 Å². The summed E-state index contributed by atoms with van der Waals surface area (Å²) in [5.74, 6) is 1.72. The van der Waals surface area contributed by atoms with Gasteiger partial charge in [0.25, 0.3) is 0 Å². The van der Waals surface area contributed by atoms with E-state index in [1.807, 2.05) is 31.2 Å². The topological polar surface area (TPSA) is 59.8 Å². The molecule has 0 N–H and O–H groups in total. The Morgan fingerprint density at radius 2 is 2.00 bits per heavy atom. The lowest BCUT2D eigenvalue weighted by Gasteiger charge is -2.34. The minimum Gasteiger partial charge on any atom is -0.464 e. The van der Waals surface area contributed by atoms with Crippen molar-refractivity contribution in [3.8, 4) is 0 Å². The Balaban J connectivity index is 1.90. The number of ether oxygens (including phenoxy) is 1. The fraction of sp³-hybridized carbons (Fsp3) is 0.412. The van der Waals surface area contributed by atoms with Gasteiger partial charge in [-0.15, -0.1) is 0 Å². The zero-order valence-corrected chi connectivity index (χ0v) is 14.2. The molecule has 1 aromatic heterocycles. The first-order valence-corrected chi connectivity index (χ1v) is 9.41. The van der Waals surface area contributed by atoms with Crippen molar-refractivity contribution in [1.29, 1.82) is 0 Å². The number of rotatable bonds is 4. The van der Waals surface area contributed by atoms with Gasteiger partial charge in [0.2, 0.25) is 0 Å². The van der Waals surface area contributed by atoms with Crippen molar-refractivity contribution in [3.05, 3.63) is 47.9 Å². The standard InChI is InChI=1S/C17H21NO4S/c1-3-23(19,20)17-7-5-4-6-14(17)18-10-11-21-16(12-18)15-9-8-13(2)22-15/h4-9,16H,3,10-12H2,1-2H3. The summed E-state index contributed by atoms with van der Waals surface area (Å²) in [6.45, 7) is 5.33. The van der Waals surface area contributed by atoms with Crippen molar-refractivity contribution >= 4 is 15.5 Å². The molecule has 1 atom stereocenters. The fourth-order valence-corrected chi connectivity index (χ4v) is 3.92. The maximum atomic E-state index is 12.3. The molecule has 1 aliphatic rings. The van der Waals surface area contributed by atoms with E-state index < -0.39 is 9.84 Å². The number of nitrogens with zero attached hydrogens (tertiary/aromatic N) is 1. The summed E-state index contributed by atoms with van der Waals surface area (Å²) in [5, 5.41) is 0. The quantitative estimate of drug-likeness (QED) is 0.860. The maximum Gasteiger partial charge on any atom is 0.180 e. The minimum atomic E-state index is -3.26. The van der Waals surface area contributed by atoms with Gasteiger partial charge in [-0.3, -0.25) is 0 Å². The molecule has 1 saturated heterocycles. The average molecular weight is 335 g/mol. The van der Waals surface area contributed by atoms with E-state index >= 15 is 0 Å². The van der Waals surface area contributed by atoms with E-state index in [-0.39, 0.29) is 11.9 Å². The van der Waals surface area contributed by atoms with Gasteiger partial charge in [0.05, 0.1) is 29.5 Å². The third-order valence-electron chi connectivity index (χ3n) is 4.07. The molecule has 23 heavy (non-hydrogen) atoms. The SMILES string of the molecule is CCS(=O)(=O)c1ccccc1N1CCOC(c2ccc(C)o2)C1. The smallest absolute Gasteiger partial charge is 0.180 e. The molecule has 3 rings (SSSR count). The highest BCUT2D eigenvalue weighted by Gasteiger charge is 2.27. The summed E-state index contributed by atoms with van der Waals surface area (Å²) in [7, 11) is -3.26. The van der Waals surface area contributed by atoms with Gasteiger partial charge in [-0.1, -0.05) is 19.1 Å². The Bertz CT molecular complexity index is 781. The predicted molar refractivity (Wildman–Crippen MR) is 88.5 cm³/mol. The molecule has 0 radical (unpaired) electrons. The van der Waals surface area contributed by atoms with Crippen LogP contribution >= 0.6 is 0 Å². The van der Waals surface area contributed by atoms with E-state index in [4.69, 9.17) is 9.15 Å². The Morgan fingerprint density at radius 3 is 2.70 bits per heavy atom. The molecule has 2 heterocycles. The van der Waals surface area contributed by atoms with Crippen LogP contribution in [-0.2, 0) is 14.6 Å². The van der Waals surface area contributed by atoms with Gasteiger partial charge < -0.3 is 14.1 Å². The number of aryl methyl sites for hydroxylation is 1. The molecule has 0 saturated carbocycles. The van der Waals surface area contributed by atoms with E-state index in [0.717, 1.165) is 17.2 Å². The van der Waals surface area contributed by atoms with Crippen molar-refractivity contribution in [2.45, 2.75) is 24.8 Å². The summed E-state index contributed by atoms with van der Waals surface area (Å²) in [5.41, 5.74) is 0.742. The molecule has 0 bridgehead atoms. The van der Waals surface area contributed by atoms with Crippen LogP contribution in [0.15, 0.2) is 45.7 Å². The lowest BCUT2D eigenvalue weighted by molar-refractivity contribution is 0.0251. The second-order valence-electron chi connectivity index (χ2n) is 5.63. The highest BCUT2D eigenvalue weighted by Crippen LogP contribution is 2.31. The second-order valence-corrected chi connectivity index (χ2v) is 7.87. The third-order valence-corrected chi connectivity index (χ3v) is 5.84. The lowest BCUT2D eigenvalue weighted by atomic mass is 10.2. The molecule has 6 heteroatoms. The molecule has 2 aromatic rings. The fourth-order valence-electron chi connectivity index (χ4n) is 2.80. The van der Waals surface area contributed by atoms with Crippen LogP contribution in [0.1, 0.15) is 24.5 Å². The average Bonchev–Trinajstić information content (AvgIpc) is 3.01. The van der Waals surface area contributed by atoms with Crippen molar-refractivity contribution in [1.82, 2.24) is 0 Å². The van der Waals surface area contributed by atoms with Crippen molar-refractivity contribution < 1.29 is 17.6 Å². The van der Waals surface area contributed by atoms with Gasteiger partial charge in [0, 0.05) is 6.54 Å². The number of anilines is 1. The van der Waals surface area contributed by atoms with Crippen LogP contribution in [-0.4, -0.2) is 33.9 Å².